The summed E-state index contributed by atoms with van der Waals surface area (Å²) < 4.78 is 23.0. The van der Waals surface area contributed by atoms with Crippen molar-refractivity contribution in [2.45, 2.75) is 43.9 Å². The average molecular weight is 493 g/mol. The molecule has 0 aromatic heterocycles. The molecular formula is C19H32IN3O2S. The molecule has 1 aromatic carbocycles. The molecule has 148 valence electrons. The molecule has 0 radical (unpaired) electrons. The Balaban J connectivity index is 0.00000338. The van der Waals surface area contributed by atoms with Crippen LogP contribution in [0.3, 0.4) is 0 Å². The number of nitrogens with zero attached hydrogens (tertiary/aromatic N) is 1. The summed E-state index contributed by atoms with van der Waals surface area (Å²) in [4.78, 5) is 4.65. The predicted octanol–water partition coefficient (Wildman–Crippen LogP) is 3.24. The third kappa shape index (κ3) is 7.42. The summed E-state index contributed by atoms with van der Waals surface area (Å²) in [6.45, 7) is 4.09. The maximum Gasteiger partial charge on any atom is 0.190 e. The van der Waals surface area contributed by atoms with Crippen molar-refractivity contribution < 1.29 is 8.42 Å². The zero-order valence-corrected chi connectivity index (χ0v) is 19.1. The lowest BCUT2D eigenvalue weighted by atomic mass is 9.80. The van der Waals surface area contributed by atoms with Crippen LogP contribution in [0.2, 0.25) is 0 Å². The van der Waals surface area contributed by atoms with Crippen molar-refractivity contribution in [3.63, 3.8) is 0 Å². The highest BCUT2D eigenvalue weighted by atomic mass is 127. The van der Waals surface area contributed by atoms with Gasteiger partial charge in [0.2, 0.25) is 0 Å². The third-order valence-corrected chi connectivity index (χ3v) is 6.23. The summed E-state index contributed by atoms with van der Waals surface area (Å²) in [6.07, 6.45) is 7.39. The Morgan fingerprint density at radius 3 is 2.38 bits per heavy atom. The molecule has 1 saturated carbocycles. The van der Waals surface area contributed by atoms with E-state index in [2.05, 4.69) is 22.5 Å². The number of benzene rings is 1. The van der Waals surface area contributed by atoms with Gasteiger partial charge in [-0.2, -0.15) is 0 Å². The molecule has 0 amide bonds. The molecule has 5 nitrogen and oxygen atoms in total. The zero-order chi connectivity index (χ0) is 18.3. The molecule has 1 aromatic rings. The van der Waals surface area contributed by atoms with E-state index in [1.54, 1.807) is 19.2 Å². The van der Waals surface area contributed by atoms with Crippen LogP contribution in [0, 0.1) is 11.8 Å². The standard InChI is InChI=1S/C19H31N3O2S.HI/c1-15-6-4-5-7-17(15)14-22-19(20-2)21-13-12-16-8-10-18(11-9-16)25(3,23)24;/h8-11,15,17H,4-7,12-14H2,1-3H3,(H2,20,21,22);1H. The molecule has 2 rings (SSSR count). The minimum atomic E-state index is -3.12. The van der Waals surface area contributed by atoms with E-state index >= 15 is 0 Å². The van der Waals surface area contributed by atoms with E-state index in [0.29, 0.717) is 4.90 Å². The van der Waals surface area contributed by atoms with Crippen LogP contribution in [0.25, 0.3) is 0 Å². The number of hydrogen-bond acceptors (Lipinski definition) is 3. The van der Waals surface area contributed by atoms with E-state index in [4.69, 9.17) is 0 Å². The number of sulfone groups is 1. The van der Waals surface area contributed by atoms with Gasteiger partial charge in [-0.05, 0) is 42.4 Å². The summed E-state index contributed by atoms with van der Waals surface area (Å²) in [5.41, 5.74) is 1.11. The molecule has 1 aliphatic carbocycles. The molecule has 0 spiro atoms. The van der Waals surface area contributed by atoms with Crippen molar-refractivity contribution in [2.75, 3.05) is 26.4 Å². The first kappa shape index (κ1) is 23.2. The van der Waals surface area contributed by atoms with Gasteiger partial charge in [-0.25, -0.2) is 8.42 Å². The molecule has 1 aliphatic rings. The van der Waals surface area contributed by atoms with Crippen LogP contribution in [-0.2, 0) is 16.3 Å². The van der Waals surface area contributed by atoms with Crippen LogP contribution in [0.1, 0.15) is 38.2 Å². The maximum atomic E-state index is 11.5. The average Bonchev–Trinajstić information content (AvgIpc) is 2.59. The normalized spacial score (nSPS) is 21.0. The van der Waals surface area contributed by atoms with Crippen molar-refractivity contribution >= 4 is 39.8 Å². The van der Waals surface area contributed by atoms with Crippen LogP contribution in [-0.4, -0.2) is 40.8 Å². The number of halogens is 1. The van der Waals surface area contributed by atoms with Crippen molar-refractivity contribution in [3.05, 3.63) is 29.8 Å². The Hall–Kier alpha value is -0.830. The highest BCUT2D eigenvalue weighted by molar-refractivity contribution is 14.0. The Bertz CT molecular complexity index is 675. The van der Waals surface area contributed by atoms with Crippen LogP contribution in [0.5, 0.6) is 0 Å². The number of rotatable bonds is 6. The van der Waals surface area contributed by atoms with Crippen LogP contribution in [0.15, 0.2) is 34.2 Å². The number of guanidine groups is 1. The Morgan fingerprint density at radius 1 is 1.15 bits per heavy atom. The van der Waals surface area contributed by atoms with E-state index in [1.807, 2.05) is 12.1 Å². The van der Waals surface area contributed by atoms with Crippen LogP contribution in [0.4, 0.5) is 0 Å². The summed E-state index contributed by atoms with van der Waals surface area (Å²) in [5.74, 6) is 2.36. The molecular weight excluding hydrogens is 461 g/mol. The van der Waals surface area contributed by atoms with Crippen molar-refractivity contribution in [1.29, 1.82) is 0 Å². The van der Waals surface area contributed by atoms with E-state index < -0.39 is 9.84 Å². The van der Waals surface area contributed by atoms with Gasteiger partial charge in [0.05, 0.1) is 4.90 Å². The first-order valence-electron chi connectivity index (χ1n) is 9.13. The molecule has 0 heterocycles. The monoisotopic (exact) mass is 493 g/mol. The number of nitrogens with one attached hydrogen (secondary N) is 2. The molecule has 7 heteroatoms. The van der Waals surface area contributed by atoms with E-state index in [1.165, 1.54) is 31.9 Å². The fourth-order valence-electron chi connectivity index (χ4n) is 3.37. The summed E-state index contributed by atoms with van der Waals surface area (Å²) in [7, 11) is -1.33. The number of hydrogen-bond donors (Lipinski definition) is 2. The molecule has 26 heavy (non-hydrogen) atoms. The molecule has 0 bridgehead atoms. The zero-order valence-electron chi connectivity index (χ0n) is 16.0. The summed E-state index contributed by atoms with van der Waals surface area (Å²) >= 11 is 0. The van der Waals surface area contributed by atoms with Crippen molar-refractivity contribution in [1.82, 2.24) is 10.6 Å². The lowest BCUT2D eigenvalue weighted by Gasteiger charge is -2.29. The fraction of sp³-hybridized carbons (Fsp3) is 0.632. The van der Waals surface area contributed by atoms with E-state index in [-0.39, 0.29) is 24.0 Å². The first-order valence-corrected chi connectivity index (χ1v) is 11.0. The van der Waals surface area contributed by atoms with Gasteiger partial charge in [-0.15, -0.1) is 24.0 Å². The third-order valence-electron chi connectivity index (χ3n) is 5.10. The van der Waals surface area contributed by atoms with Crippen molar-refractivity contribution in [3.8, 4) is 0 Å². The highest BCUT2D eigenvalue weighted by Gasteiger charge is 2.21. The van der Waals surface area contributed by atoms with Crippen molar-refractivity contribution in [2.24, 2.45) is 16.8 Å². The first-order chi connectivity index (χ1) is 11.9. The van der Waals surface area contributed by atoms with Gasteiger partial charge in [0, 0.05) is 26.4 Å². The largest absolute Gasteiger partial charge is 0.356 e. The maximum absolute atomic E-state index is 11.5. The molecule has 1 fully saturated rings. The lowest BCUT2D eigenvalue weighted by molar-refractivity contribution is 0.256. The Morgan fingerprint density at radius 2 is 1.81 bits per heavy atom. The van der Waals surface area contributed by atoms with Gasteiger partial charge in [0.25, 0.3) is 0 Å². The van der Waals surface area contributed by atoms with Gasteiger partial charge < -0.3 is 10.6 Å². The smallest absolute Gasteiger partial charge is 0.190 e. The molecule has 2 atom stereocenters. The van der Waals surface area contributed by atoms with Gasteiger partial charge >= 0.3 is 0 Å². The quantitative estimate of drug-likeness (QED) is 0.363. The Kier molecular flexibility index (Phi) is 9.92. The van der Waals surface area contributed by atoms with Gasteiger partial charge in [0.1, 0.15) is 0 Å². The molecule has 2 N–H and O–H groups in total. The predicted molar refractivity (Wildman–Crippen MR) is 119 cm³/mol. The van der Waals surface area contributed by atoms with Crippen LogP contribution < -0.4 is 10.6 Å². The fourth-order valence-corrected chi connectivity index (χ4v) is 4.00. The minimum absolute atomic E-state index is 0. The molecule has 2 unspecified atom stereocenters. The van der Waals surface area contributed by atoms with Gasteiger partial charge in [-0.1, -0.05) is 38.3 Å². The molecule has 0 aliphatic heterocycles. The van der Waals surface area contributed by atoms with Crippen LogP contribution >= 0.6 is 24.0 Å². The Labute approximate surface area is 175 Å². The highest BCUT2D eigenvalue weighted by Crippen LogP contribution is 2.28. The minimum Gasteiger partial charge on any atom is -0.356 e. The van der Waals surface area contributed by atoms with Gasteiger partial charge in [0.15, 0.2) is 15.8 Å². The SMILES string of the molecule is CN=C(NCCc1ccc(S(C)(=O)=O)cc1)NCC1CCCCC1C.I. The lowest BCUT2D eigenvalue weighted by Crippen LogP contribution is -2.42. The second-order valence-corrected chi connectivity index (χ2v) is 9.08. The number of aliphatic imine (C=N–C) groups is 1. The summed E-state index contributed by atoms with van der Waals surface area (Å²) in [5, 5.41) is 6.78. The second-order valence-electron chi connectivity index (χ2n) is 7.07. The summed E-state index contributed by atoms with van der Waals surface area (Å²) in [6, 6.07) is 7.08. The second kappa shape index (κ2) is 11.1. The van der Waals surface area contributed by atoms with E-state index in [9.17, 15) is 8.42 Å². The molecule has 0 saturated heterocycles. The topological polar surface area (TPSA) is 70.6 Å². The van der Waals surface area contributed by atoms with E-state index in [0.717, 1.165) is 42.9 Å². The van der Waals surface area contributed by atoms with Gasteiger partial charge in [-0.3, -0.25) is 4.99 Å².